The van der Waals surface area contributed by atoms with Crippen molar-refractivity contribution in [1.29, 1.82) is 0 Å². The van der Waals surface area contributed by atoms with Crippen LogP contribution in [-0.2, 0) is 25.4 Å². The van der Waals surface area contributed by atoms with Crippen LogP contribution >= 0.6 is 0 Å². The Balaban J connectivity index is 1.68. The average molecular weight is 406 g/mol. The molecule has 1 aromatic carbocycles. The van der Waals surface area contributed by atoms with E-state index < -0.39 is 17.2 Å². The second-order valence-corrected chi connectivity index (χ2v) is 6.92. The van der Waals surface area contributed by atoms with Crippen LogP contribution in [0.25, 0.3) is 21.9 Å². The van der Waals surface area contributed by atoms with Crippen LogP contribution in [0.4, 0.5) is 5.69 Å². The summed E-state index contributed by atoms with van der Waals surface area (Å²) in [6.45, 7) is 1.41. The number of para-hydroxylation sites is 1. The first-order chi connectivity index (χ1) is 14.3. The lowest BCUT2D eigenvalue weighted by Crippen LogP contribution is -2.37. The minimum Gasteiger partial charge on any atom is -0.323 e. The molecular weight excluding hydrogens is 388 g/mol. The summed E-state index contributed by atoms with van der Waals surface area (Å²) in [5.74, 6) is -0.0607. The number of carbonyl (C=O) groups excluding carboxylic acids is 1. The van der Waals surface area contributed by atoms with E-state index in [-0.39, 0.29) is 28.8 Å². The van der Waals surface area contributed by atoms with Crippen LogP contribution in [0, 0.1) is 6.92 Å². The molecule has 0 aliphatic rings. The lowest BCUT2D eigenvalue weighted by molar-refractivity contribution is -0.116. The van der Waals surface area contributed by atoms with Gasteiger partial charge in [0, 0.05) is 14.1 Å². The summed E-state index contributed by atoms with van der Waals surface area (Å²) in [5, 5.41) is 3.26. The Kier molecular flexibility index (Phi) is 4.53. The molecule has 0 unspecified atom stereocenters. The van der Waals surface area contributed by atoms with Crippen molar-refractivity contribution in [2.75, 3.05) is 5.32 Å². The third-order valence-electron chi connectivity index (χ3n) is 4.93. The lowest BCUT2D eigenvalue weighted by atomic mass is 10.2. The van der Waals surface area contributed by atoms with Crippen LogP contribution in [0.2, 0.25) is 0 Å². The zero-order chi connectivity index (χ0) is 21.6. The summed E-state index contributed by atoms with van der Waals surface area (Å²) in [5.41, 5.74) is -0.252. The smallest absolute Gasteiger partial charge is 0.323 e. The zero-order valence-electron chi connectivity index (χ0n) is 16.5. The van der Waals surface area contributed by atoms with Crippen molar-refractivity contribution < 1.29 is 4.79 Å². The molecule has 0 radical (unpaired) electrons. The van der Waals surface area contributed by atoms with Gasteiger partial charge in [-0.3, -0.25) is 28.1 Å². The van der Waals surface area contributed by atoms with Crippen molar-refractivity contribution in [3.8, 4) is 0 Å². The zero-order valence-corrected chi connectivity index (χ0v) is 16.5. The fourth-order valence-electron chi connectivity index (χ4n) is 3.34. The molecule has 0 aliphatic carbocycles. The van der Waals surface area contributed by atoms with Gasteiger partial charge in [-0.25, -0.2) is 14.8 Å². The molecule has 0 atom stereocenters. The molecule has 0 fully saturated rings. The van der Waals surface area contributed by atoms with E-state index in [0.29, 0.717) is 16.7 Å². The Morgan fingerprint density at radius 1 is 1.03 bits per heavy atom. The molecule has 30 heavy (non-hydrogen) atoms. The van der Waals surface area contributed by atoms with E-state index in [9.17, 15) is 19.2 Å². The predicted octanol–water partition coefficient (Wildman–Crippen LogP) is 0.289. The maximum Gasteiger partial charge on any atom is 0.332 e. The van der Waals surface area contributed by atoms with Gasteiger partial charge in [-0.05, 0) is 25.1 Å². The Hall–Kier alpha value is -4.08. The molecule has 1 amide bonds. The predicted molar refractivity (Wildman–Crippen MR) is 112 cm³/mol. The number of fused-ring (bicyclic) bond motifs is 2. The van der Waals surface area contributed by atoms with Crippen LogP contribution in [0.15, 0.2) is 50.9 Å². The van der Waals surface area contributed by atoms with Gasteiger partial charge < -0.3 is 5.32 Å². The van der Waals surface area contributed by atoms with Crippen LogP contribution in [0.1, 0.15) is 5.82 Å². The number of hydrogen-bond donors (Lipinski definition) is 1. The van der Waals surface area contributed by atoms with Crippen molar-refractivity contribution in [1.82, 2.24) is 23.7 Å². The topological polar surface area (TPSA) is 121 Å². The number of carbonyl (C=O) groups is 1. The van der Waals surface area contributed by atoms with Gasteiger partial charge >= 0.3 is 5.69 Å². The molecule has 152 valence electrons. The third-order valence-corrected chi connectivity index (χ3v) is 4.93. The number of hydrogen-bond acceptors (Lipinski definition) is 6. The first-order valence-electron chi connectivity index (χ1n) is 9.09. The number of pyridine rings is 1. The number of benzene rings is 1. The highest BCUT2D eigenvalue weighted by atomic mass is 16.2. The highest BCUT2D eigenvalue weighted by Crippen LogP contribution is 2.12. The summed E-state index contributed by atoms with van der Waals surface area (Å²) in [6.07, 6.45) is 1.35. The number of amides is 1. The summed E-state index contributed by atoms with van der Waals surface area (Å²) >= 11 is 0. The molecule has 0 bridgehead atoms. The van der Waals surface area contributed by atoms with E-state index in [0.717, 1.165) is 4.57 Å². The van der Waals surface area contributed by atoms with E-state index in [1.807, 2.05) is 0 Å². The molecule has 10 nitrogen and oxygen atoms in total. The molecule has 3 aromatic heterocycles. The largest absolute Gasteiger partial charge is 0.332 e. The standard InChI is InChI=1S/C20H18N6O4/c1-11-22-15-7-5-4-6-13(15)19(29)26(11)10-16(27)23-12-8-14-17(21-9-12)24(2)20(30)25(3)18(14)28/h4-9H,10H2,1-3H3,(H,23,27). The quantitative estimate of drug-likeness (QED) is 0.522. The van der Waals surface area contributed by atoms with E-state index in [4.69, 9.17) is 0 Å². The van der Waals surface area contributed by atoms with Crippen molar-refractivity contribution in [2.45, 2.75) is 13.5 Å². The van der Waals surface area contributed by atoms with Crippen LogP contribution in [0.3, 0.4) is 0 Å². The minimum absolute atomic E-state index is 0.193. The van der Waals surface area contributed by atoms with E-state index >= 15 is 0 Å². The third kappa shape index (κ3) is 3.08. The molecule has 0 aliphatic heterocycles. The number of nitrogens with zero attached hydrogens (tertiary/aromatic N) is 5. The number of rotatable bonds is 3. The molecule has 0 spiro atoms. The molecule has 0 saturated carbocycles. The van der Waals surface area contributed by atoms with Gasteiger partial charge in [-0.2, -0.15) is 0 Å². The average Bonchev–Trinajstić information content (AvgIpc) is 2.73. The number of aryl methyl sites for hydroxylation is 2. The van der Waals surface area contributed by atoms with Crippen LogP contribution < -0.4 is 22.1 Å². The van der Waals surface area contributed by atoms with Gasteiger partial charge in [-0.15, -0.1) is 0 Å². The van der Waals surface area contributed by atoms with Crippen molar-refractivity contribution >= 4 is 33.5 Å². The van der Waals surface area contributed by atoms with Gasteiger partial charge in [0.1, 0.15) is 18.0 Å². The van der Waals surface area contributed by atoms with Gasteiger partial charge in [0.25, 0.3) is 11.1 Å². The van der Waals surface area contributed by atoms with E-state index in [1.54, 1.807) is 31.2 Å². The summed E-state index contributed by atoms with van der Waals surface area (Å²) in [4.78, 5) is 58.2. The van der Waals surface area contributed by atoms with E-state index in [2.05, 4.69) is 15.3 Å². The van der Waals surface area contributed by atoms with E-state index in [1.165, 1.54) is 35.5 Å². The SMILES string of the molecule is Cc1nc2ccccc2c(=O)n1CC(=O)Nc1cnc2c(c1)c(=O)n(C)c(=O)n2C. The summed E-state index contributed by atoms with van der Waals surface area (Å²) in [6, 6.07) is 8.38. The maximum atomic E-state index is 12.7. The molecule has 4 aromatic rings. The van der Waals surface area contributed by atoms with Crippen LogP contribution in [-0.4, -0.2) is 29.6 Å². The number of anilines is 1. The second-order valence-electron chi connectivity index (χ2n) is 6.92. The fourth-order valence-corrected chi connectivity index (χ4v) is 3.34. The van der Waals surface area contributed by atoms with Gasteiger partial charge in [-0.1, -0.05) is 12.1 Å². The maximum absolute atomic E-state index is 12.7. The summed E-state index contributed by atoms with van der Waals surface area (Å²) in [7, 11) is 2.88. The second kappa shape index (κ2) is 7.07. The van der Waals surface area contributed by atoms with Gasteiger partial charge in [0.15, 0.2) is 0 Å². The monoisotopic (exact) mass is 406 g/mol. The molecule has 0 saturated heterocycles. The number of nitrogens with one attached hydrogen (secondary N) is 1. The Bertz CT molecular complexity index is 1510. The van der Waals surface area contributed by atoms with Crippen molar-refractivity contribution in [2.24, 2.45) is 14.1 Å². The Morgan fingerprint density at radius 3 is 2.53 bits per heavy atom. The van der Waals surface area contributed by atoms with Crippen molar-refractivity contribution in [3.05, 3.63) is 73.5 Å². The highest BCUT2D eigenvalue weighted by molar-refractivity contribution is 5.92. The minimum atomic E-state index is -0.512. The molecule has 1 N–H and O–H groups in total. The summed E-state index contributed by atoms with van der Waals surface area (Å²) < 4.78 is 3.51. The van der Waals surface area contributed by atoms with Crippen molar-refractivity contribution in [3.63, 3.8) is 0 Å². The normalized spacial score (nSPS) is 11.2. The number of aromatic nitrogens is 5. The molecular formula is C20H18N6O4. The molecule has 3 heterocycles. The Morgan fingerprint density at radius 2 is 1.77 bits per heavy atom. The fraction of sp³-hybridized carbons (Fsp3) is 0.200. The molecule has 4 rings (SSSR count). The lowest BCUT2D eigenvalue weighted by Gasteiger charge is -2.12. The molecule has 10 heteroatoms. The first kappa shape index (κ1) is 19.2. The first-order valence-corrected chi connectivity index (χ1v) is 9.09. The highest BCUT2D eigenvalue weighted by Gasteiger charge is 2.14. The van der Waals surface area contributed by atoms with Gasteiger partial charge in [0.2, 0.25) is 5.91 Å². The van der Waals surface area contributed by atoms with Crippen LogP contribution in [0.5, 0.6) is 0 Å². The van der Waals surface area contributed by atoms with Gasteiger partial charge in [0.05, 0.1) is 28.2 Å². The Labute approximate surface area is 169 Å².